The Kier molecular flexibility index (Phi) is 6.92. The summed E-state index contributed by atoms with van der Waals surface area (Å²) in [5.41, 5.74) is -0.0340. The van der Waals surface area contributed by atoms with Gasteiger partial charge in [0.2, 0.25) is 0 Å². The van der Waals surface area contributed by atoms with Gasteiger partial charge in [-0.25, -0.2) is 14.0 Å². The number of rotatable bonds is 4. The molecule has 2 rings (SSSR count). The summed E-state index contributed by atoms with van der Waals surface area (Å²) in [5.74, 6) is -1.84. The van der Waals surface area contributed by atoms with Crippen LogP contribution in [0.4, 0.5) is 9.18 Å². The van der Waals surface area contributed by atoms with Crippen LogP contribution in [0.15, 0.2) is 22.7 Å². The summed E-state index contributed by atoms with van der Waals surface area (Å²) < 4.78 is 18.3. The first-order valence-corrected chi connectivity index (χ1v) is 8.88. The number of halogens is 2. The van der Waals surface area contributed by atoms with E-state index in [0.717, 1.165) is 31.7 Å². The molecular weight excluding hydrogens is 395 g/mol. The van der Waals surface area contributed by atoms with Gasteiger partial charge in [0.1, 0.15) is 5.82 Å². The van der Waals surface area contributed by atoms with Crippen LogP contribution in [0.2, 0.25) is 0 Å². The average Bonchev–Trinajstić information content (AvgIpc) is 2.57. The molecule has 0 aliphatic heterocycles. The third-order valence-electron chi connectivity index (χ3n) is 4.16. The first-order chi connectivity index (χ1) is 11.9. The maximum atomic E-state index is 13.2. The molecule has 3 amide bonds. The minimum absolute atomic E-state index is 0.0340. The van der Waals surface area contributed by atoms with Crippen LogP contribution in [0.25, 0.3) is 0 Å². The Labute approximate surface area is 153 Å². The number of amides is 3. The minimum Gasteiger partial charge on any atom is -0.452 e. The molecule has 1 aliphatic carbocycles. The molecule has 2 N–H and O–H groups in total. The van der Waals surface area contributed by atoms with E-state index in [4.69, 9.17) is 4.74 Å². The second-order valence-electron chi connectivity index (χ2n) is 6.09. The molecule has 0 heterocycles. The van der Waals surface area contributed by atoms with Gasteiger partial charge in [-0.15, -0.1) is 0 Å². The maximum absolute atomic E-state index is 13.2. The Hall–Kier alpha value is -1.96. The molecule has 1 aromatic rings. The van der Waals surface area contributed by atoms with Gasteiger partial charge in [0.25, 0.3) is 5.91 Å². The summed E-state index contributed by atoms with van der Waals surface area (Å²) in [6.07, 6.45) is 4.11. The Balaban J connectivity index is 1.79. The summed E-state index contributed by atoms with van der Waals surface area (Å²) in [6, 6.07) is 2.98. The number of carbonyl (C=O) groups excluding carboxylic acids is 3. The summed E-state index contributed by atoms with van der Waals surface area (Å²) in [7, 11) is 0. The van der Waals surface area contributed by atoms with Crippen LogP contribution in [-0.4, -0.2) is 30.6 Å². The monoisotopic (exact) mass is 414 g/mol. The van der Waals surface area contributed by atoms with E-state index in [1.54, 1.807) is 0 Å². The number of urea groups is 1. The summed E-state index contributed by atoms with van der Waals surface area (Å²) in [5, 5.41) is 4.90. The molecule has 2 unspecified atom stereocenters. The molecule has 0 aromatic heterocycles. The van der Waals surface area contributed by atoms with Crippen LogP contribution in [0.1, 0.15) is 43.0 Å². The van der Waals surface area contributed by atoms with Crippen LogP contribution in [0, 0.1) is 11.7 Å². The lowest BCUT2D eigenvalue weighted by Crippen LogP contribution is -2.48. The first-order valence-electron chi connectivity index (χ1n) is 8.09. The van der Waals surface area contributed by atoms with Crippen LogP contribution in [0.5, 0.6) is 0 Å². The predicted molar refractivity (Wildman–Crippen MR) is 92.5 cm³/mol. The van der Waals surface area contributed by atoms with Crippen molar-refractivity contribution < 1.29 is 23.5 Å². The predicted octanol–water partition coefficient (Wildman–Crippen LogP) is 3.15. The summed E-state index contributed by atoms with van der Waals surface area (Å²) in [4.78, 5) is 35.4. The van der Waals surface area contributed by atoms with Crippen molar-refractivity contribution in [3.63, 3.8) is 0 Å². The zero-order valence-corrected chi connectivity index (χ0v) is 15.4. The van der Waals surface area contributed by atoms with E-state index in [1.165, 1.54) is 12.1 Å². The van der Waals surface area contributed by atoms with E-state index in [2.05, 4.69) is 33.5 Å². The highest BCUT2D eigenvalue weighted by molar-refractivity contribution is 9.10. The minimum atomic E-state index is -0.858. The van der Waals surface area contributed by atoms with Crippen molar-refractivity contribution in [2.75, 3.05) is 6.61 Å². The SMILES string of the molecule is CC1CCCCC1NC(=O)NC(=O)COC(=O)c1cc(F)ccc1Br. The summed E-state index contributed by atoms with van der Waals surface area (Å²) >= 11 is 3.11. The van der Waals surface area contributed by atoms with E-state index < -0.39 is 30.3 Å². The lowest BCUT2D eigenvalue weighted by atomic mass is 9.86. The van der Waals surface area contributed by atoms with Crippen LogP contribution in [-0.2, 0) is 9.53 Å². The molecule has 1 aliphatic rings. The lowest BCUT2D eigenvalue weighted by molar-refractivity contribution is -0.123. The molecule has 0 radical (unpaired) electrons. The zero-order valence-electron chi connectivity index (χ0n) is 13.8. The Bertz CT molecular complexity index is 668. The molecule has 0 bridgehead atoms. The summed E-state index contributed by atoms with van der Waals surface area (Å²) in [6.45, 7) is 1.43. The quantitative estimate of drug-likeness (QED) is 0.741. The number of benzene rings is 1. The normalized spacial score (nSPS) is 19.8. The van der Waals surface area contributed by atoms with Crippen molar-refractivity contribution >= 4 is 33.8 Å². The van der Waals surface area contributed by atoms with Crippen molar-refractivity contribution in [2.45, 2.75) is 38.6 Å². The van der Waals surface area contributed by atoms with Crippen molar-refractivity contribution in [1.82, 2.24) is 10.6 Å². The molecule has 136 valence electrons. The van der Waals surface area contributed by atoms with Crippen LogP contribution in [0.3, 0.4) is 0 Å². The number of esters is 1. The Morgan fingerprint density at radius 3 is 2.72 bits per heavy atom. The third-order valence-corrected chi connectivity index (χ3v) is 4.86. The Morgan fingerprint density at radius 1 is 1.28 bits per heavy atom. The number of nitrogens with one attached hydrogen (secondary N) is 2. The highest BCUT2D eigenvalue weighted by Crippen LogP contribution is 2.23. The van der Waals surface area contributed by atoms with Crippen molar-refractivity contribution in [3.05, 3.63) is 34.1 Å². The number of imide groups is 1. The topological polar surface area (TPSA) is 84.5 Å². The van der Waals surface area contributed by atoms with Gasteiger partial charge in [-0.1, -0.05) is 19.8 Å². The molecule has 1 fully saturated rings. The molecule has 25 heavy (non-hydrogen) atoms. The molecular formula is C17H20BrFN2O4. The molecule has 6 nitrogen and oxygen atoms in total. The van der Waals surface area contributed by atoms with Crippen LogP contribution >= 0.6 is 15.9 Å². The van der Waals surface area contributed by atoms with Gasteiger partial charge in [0, 0.05) is 10.5 Å². The van der Waals surface area contributed by atoms with Gasteiger partial charge in [-0.2, -0.15) is 0 Å². The fraction of sp³-hybridized carbons (Fsp3) is 0.471. The van der Waals surface area contributed by atoms with Gasteiger partial charge in [0.15, 0.2) is 6.61 Å². The zero-order chi connectivity index (χ0) is 18.4. The third kappa shape index (κ3) is 5.81. The standard InChI is InChI=1S/C17H20BrFN2O4/c1-10-4-2-3-5-14(10)20-17(24)21-15(22)9-25-16(23)12-8-11(19)6-7-13(12)18/h6-8,10,14H,2-5,9H2,1H3,(H2,20,21,22,24). The lowest BCUT2D eigenvalue weighted by Gasteiger charge is -2.29. The number of hydrogen-bond acceptors (Lipinski definition) is 4. The van der Waals surface area contributed by atoms with E-state index in [9.17, 15) is 18.8 Å². The highest BCUT2D eigenvalue weighted by Gasteiger charge is 2.23. The fourth-order valence-electron chi connectivity index (χ4n) is 2.76. The van der Waals surface area contributed by atoms with E-state index >= 15 is 0 Å². The van der Waals surface area contributed by atoms with Crippen molar-refractivity contribution in [2.24, 2.45) is 5.92 Å². The molecule has 2 atom stereocenters. The van der Waals surface area contributed by atoms with Gasteiger partial charge in [-0.05, 0) is 52.9 Å². The molecule has 8 heteroatoms. The van der Waals surface area contributed by atoms with E-state index in [1.807, 2.05) is 0 Å². The molecule has 1 saturated carbocycles. The number of hydrogen-bond donors (Lipinski definition) is 2. The van der Waals surface area contributed by atoms with Gasteiger partial charge in [0.05, 0.1) is 5.56 Å². The van der Waals surface area contributed by atoms with E-state index in [-0.39, 0.29) is 11.6 Å². The fourth-order valence-corrected chi connectivity index (χ4v) is 3.17. The van der Waals surface area contributed by atoms with Gasteiger partial charge < -0.3 is 10.1 Å². The number of ether oxygens (including phenoxy) is 1. The highest BCUT2D eigenvalue weighted by atomic mass is 79.9. The maximum Gasteiger partial charge on any atom is 0.339 e. The second kappa shape index (κ2) is 8.94. The van der Waals surface area contributed by atoms with Crippen molar-refractivity contribution in [3.8, 4) is 0 Å². The molecule has 1 aromatic carbocycles. The van der Waals surface area contributed by atoms with Gasteiger partial charge in [-0.3, -0.25) is 10.1 Å². The van der Waals surface area contributed by atoms with E-state index in [0.29, 0.717) is 10.4 Å². The van der Waals surface area contributed by atoms with Crippen molar-refractivity contribution in [1.29, 1.82) is 0 Å². The van der Waals surface area contributed by atoms with Crippen LogP contribution < -0.4 is 10.6 Å². The first kappa shape index (κ1) is 19.4. The number of carbonyl (C=O) groups is 3. The average molecular weight is 415 g/mol. The second-order valence-corrected chi connectivity index (χ2v) is 6.94. The van der Waals surface area contributed by atoms with Gasteiger partial charge >= 0.3 is 12.0 Å². The molecule has 0 spiro atoms. The molecule has 0 saturated heterocycles. The smallest absolute Gasteiger partial charge is 0.339 e. The Morgan fingerprint density at radius 2 is 2.00 bits per heavy atom. The largest absolute Gasteiger partial charge is 0.452 e.